The number of nitrogens with zero attached hydrogens (tertiary/aromatic N) is 3. The van der Waals surface area contributed by atoms with Gasteiger partial charge in [0, 0.05) is 7.05 Å². The van der Waals surface area contributed by atoms with Crippen LogP contribution in [0.5, 0.6) is 5.75 Å². The molecule has 25 heavy (non-hydrogen) atoms. The van der Waals surface area contributed by atoms with E-state index in [0.29, 0.717) is 29.9 Å². The number of para-hydroxylation sites is 1. The van der Waals surface area contributed by atoms with Crippen molar-refractivity contribution in [1.82, 2.24) is 20.1 Å². The highest BCUT2D eigenvalue weighted by atomic mass is 32.2. The number of aromatic nitrogens is 3. The van der Waals surface area contributed by atoms with Crippen LogP contribution in [-0.2, 0) is 11.8 Å². The van der Waals surface area contributed by atoms with Crippen molar-refractivity contribution < 1.29 is 13.9 Å². The number of ether oxygens (including phenoxy) is 1. The lowest BCUT2D eigenvalue weighted by Gasteiger charge is -2.07. The average molecular weight is 358 g/mol. The highest BCUT2D eigenvalue weighted by Crippen LogP contribution is 2.22. The summed E-state index contributed by atoms with van der Waals surface area (Å²) in [5.74, 6) is 2.24. The molecule has 3 rings (SSSR count). The number of thioether (sulfide) groups is 1. The highest BCUT2D eigenvalue weighted by molar-refractivity contribution is 7.99. The number of nitrogens with one attached hydrogen (secondary N) is 1. The second-order valence-electron chi connectivity index (χ2n) is 5.14. The van der Waals surface area contributed by atoms with E-state index in [4.69, 9.17) is 9.15 Å². The molecule has 0 aliphatic heterocycles. The number of amides is 1. The van der Waals surface area contributed by atoms with E-state index in [1.54, 1.807) is 16.9 Å². The Kier molecular flexibility index (Phi) is 5.73. The summed E-state index contributed by atoms with van der Waals surface area (Å²) in [7, 11) is 1.84. The molecule has 0 spiro atoms. The van der Waals surface area contributed by atoms with Gasteiger partial charge in [0.2, 0.25) is 5.91 Å². The minimum atomic E-state index is -0.0794. The Morgan fingerprint density at radius 3 is 2.84 bits per heavy atom. The van der Waals surface area contributed by atoms with Crippen LogP contribution in [0, 0.1) is 0 Å². The Morgan fingerprint density at radius 2 is 2.08 bits per heavy atom. The molecular formula is C17H18N4O3S. The molecule has 0 radical (unpaired) electrons. The molecule has 0 aliphatic rings. The van der Waals surface area contributed by atoms with Gasteiger partial charge in [-0.2, -0.15) is 0 Å². The fraction of sp³-hybridized carbons (Fsp3) is 0.235. The average Bonchev–Trinajstić information content (AvgIpc) is 3.27. The van der Waals surface area contributed by atoms with Gasteiger partial charge in [-0.15, -0.1) is 10.2 Å². The van der Waals surface area contributed by atoms with E-state index in [-0.39, 0.29) is 11.7 Å². The molecule has 3 aromatic rings. The number of furan rings is 1. The van der Waals surface area contributed by atoms with E-state index in [1.807, 2.05) is 43.4 Å². The molecule has 0 unspecified atom stereocenters. The van der Waals surface area contributed by atoms with Crippen molar-refractivity contribution in [3.63, 3.8) is 0 Å². The Balaban J connectivity index is 1.41. The van der Waals surface area contributed by atoms with Gasteiger partial charge in [0.1, 0.15) is 12.4 Å². The lowest BCUT2D eigenvalue weighted by Crippen LogP contribution is -2.29. The molecule has 0 fully saturated rings. The van der Waals surface area contributed by atoms with E-state index in [1.165, 1.54) is 11.8 Å². The van der Waals surface area contributed by atoms with Crippen molar-refractivity contribution >= 4 is 17.7 Å². The van der Waals surface area contributed by atoms with Gasteiger partial charge in [0.25, 0.3) is 0 Å². The summed E-state index contributed by atoms with van der Waals surface area (Å²) in [4.78, 5) is 11.9. The van der Waals surface area contributed by atoms with E-state index in [0.717, 1.165) is 5.75 Å². The van der Waals surface area contributed by atoms with Crippen LogP contribution in [0.25, 0.3) is 11.6 Å². The van der Waals surface area contributed by atoms with Crippen molar-refractivity contribution in [2.45, 2.75) is 5.16 Å². The number of hydrogen-bond donors (Lipinski definition) is 1. The second-order valence-corrected chi connectivity index (χ2v) is 6.09. The molecular weight excluding hydrogens is 340 g/mol. The minimum Gasteiger partial charge on any atom is -0.492 e. The lowest BCUT2D eigenvalue weighted by molar-refractivity contribution is -0.118. The summed E-state index contributed by atoms with van der Waals surface area (Å²) in [5.41, 5.74) is 0. The number of benzene rings is 1. The Bertz CT molecular complexity index is 803. The summed E-state index contributed by atoms with van der Waals surface area (Å²) < 4.78 is 12.6. The molecule has 0 bridgehead atoms. The van der Waals surface area contributed by atoms with Gasteiger partial charge in [-0.05, 0) is 24.3 Å². The van der Waals surface area contributed by atoms with Crippen molar-refractivity contribution in [3.05, 3.63) is 48.7 Å². The molecule has 1 amide bonds. The smallest absolute Gasteiger partial charge is 0.230 e. The van der Waals surface area contributed by atoms with Crippen LogP contribution in [0.15, 0.2) is 58.3 Å². The highest BCUT2D eigenvalue weighted by Gasteiger charge is 2.14. The van der Waals surface area contributed by atoms with Gasteiger partial charge in [0.15, 0.2) is 16.7 Å². The Morgan fingerprint density at radius 1 is 1.24 bits per heavy atom. The molecule has 7 nitrogen and oxygen atoms in total. The number of carbonyl (C=O) groups is 1. The standard InChI is InChI=1S/C17H18N4O3S/c1-21-16(14-8-5-10-24-14)19-20-17(21)25-12-15(22)18-9-11-23-13-6-3-2-4-7-13/h2-8,10H,9,11-12H2,1H3,(H,18,22). The Hall–Kier alpha value is -2.74. The monoisotopic (exact) mass is 358 g/mol. The largest absolute Gasteiger partial charge is 0.492 e. The maximum absolute atomic E-state index is 11.9. The van der Waals surface area contributed by atoms with Crippen LogP contribution in [0.3, 0.4) is 0 Å². The van der Waals surface area contributed by atoms with Crippen molar-refractivity contribution in [2.24, 2.45) is 7.05 Å². The van der Waals surface area contributed by atoms with E-state index >= 15 is 0 Å². The van der Waals surface area contributed by atoms with Crippen LogP contribution in [-0.4, -0.2) is 39.6 Å². The van der Waals surface area contributed by atoms with E-state index < -0.39 is 0 Å². The third-order valence-corrected chi connectivity index (χ3v) is 4.37. The Labute approximate surface area is 149 Å². The molecule has 1 N–H and O–H groups in total. The zero-order chi connectivity index (χ0) is 17.5. The molecule has 0 saturated heterocycles. The summed E-state index contributed by atoms with van der Waals surface area (Å²) in [6, 6.07) is 13.1. The van der Waals surface area contributed by atoms with Crippen LogP contribution in [0.4, 0.5) is 0 Å². The summed E-state index contributed by atoms with van der Waals surface area (Å²) in [6.07, 6.45) is 1.59. The maximum Gasteiger partial charge on any atom is 0.230 e. The third kappa shape index (κ3) is 4.63. The van der Waals surface area contributed by atoms with Crippen LogP contribution >= 0.6 is 11.8 Å². The van der Waals surface area contributed by atoms with Gasteiger partial charge in [0.05, 0.1) is 18.6 Å². The normalized spacial score (nSPS) is 10.6. The molecule has 8 heteroatoms. The molecule has 0 saturated carbocycles. The lowest BCUT2D eigenvalue weighted by atomic mass is 10.3. The number of hydrogen-bond acceptors (Lipinski definition) is 6. The van der Waals surface area contributed by atoms with Crippen molar-refractivity contribution in [1.29, 1.82) is 0 Å². The molecule has 0 atom stereocenters. The van der Waals surface area contributed by atoms with Gasteiger partial charge >= 0.3 is 0 Å². The second kappa shape index (κ2) is 8.39. The summed E-state index contributed by atoms with van der Waals surface area (Å²) in [6.45, 7) is 0.873. The molecule has 130 valence electrons. The molecule has 2 aromatic heterocycles. The SMILES string of the molecule is Cn1c(SCC(=O)NCCOc2ccccc2)nnc1-c1ccco1. The predicted octanol–water partition coefficient (Wildman–Crippen LogP) is 2.36. The zero-order valence-electron chi connectivity index (χ0n) is 13.7. The zero-order valence-corrected chi connectivity index (χ0v) is 14.5. The van der Waals surface area contributed by atoms with E-state index in [9.17, 15) is 4.79 Å². The van der Waals surface area contributed by atoms with Crippen molar-refractivity contribution in [3.8, 4) is 17.3 Å². The quantitative estimate of drug-likeness (QED) is 0.492. The fourth-order valence-electron chi connectivity index (χ4n) is 2.12. The van der Waals surface area contributed by atoms with Gasteiger partial charge in [-0.3, -0.25) is 4.79 Å². The number of rotatable bonds is 8. The first kappa shape index (κ1) is 17.1. The third-order valence-electron chi connectivity index (χ3n) is 3.34. The van der Waals surface area contributed by atoms with Crippen molar-refractivity contribution in [2.75, 3.05) is 18.9 Å². The minimum absolute atomic E-state index is 0.0794. The predicted molar refractivity (Wildman–Crippen MR) is 94.4 cm³/mol. The van der Waals surface area contributed by atoms with Crippen LogP contribution in [0.2, 0.25) is 0 Å². The van der Waals surface area contributed by atoms with Gasteiger partial charge < -0.3 is 19.0 Å². The summed E-state index contributed by atoms with van der Waals surface area (Å²) in [5, 5.41) is 11.7. The first-order chi connectivity index (χ1) is 12.2. The van der Waals surface area contributed by atoms with Gasteiger partial charge in [-0.25, -0.2) is 0 Å². The van der Waals surface area contributed by atoms with Gasteiger partial charge in [-0.1, -0.05) is 30.0 Å². The molecule has 2 heterocycles. The van der Waals surface area contributed by atoms with Crippen LogP contribution < -0.4 is 10.1 Å². The maximum atomic E-state index is 11.9. The summed E-state index contributed by atoms with van der Waals surface area (Å²) >= 11 is 1.32. The van der Waals surface area contributed by atoms with E-state index in [2.05, 4.69) is 15.5 Å². The first-order valence-corrected chi connectivity index (χ1v) is 8.73. The fourth-order valence-corrected chi connectivity index (χ4v) is 2.86. The van der Waals surface area contributed by atoms with Crippen LogP contribution in [0.1, 0.15) is 0 Å². The molecule has 1 aromatic carbocycles. The molecule has 0 aliphatic carbocycles. The first-order valence-electron chi connectivity index (χ1n) is 7.74. The topological polar surface area (TPSA) is 82.2 Å². The number of carbonyl (C=O) groups excluding carboxylic acids is 1.